The second kappa shape index (κ2) is 3.57. The first kappa shape index (κ1) is 11.0. The summed E-state index contributed by atoms with van der Waals surface area (Å²) in [7, 11) is 0. The first-order chi connectivity index (χ1) is 6.39. The maximum Gasteiger partial charge on any atom is 0.242 e. The fourth-order valence-electron chi connectivity index (χ4n) is 1.61. The van der Waals surface area contributed by atoms with E-state index in [-0.39, 0.29) is 11.8 Å². The molecular weight excluding hydrogens is 182 g/mol. The van der Waals surface area contributed by atoms with Crippen molar-refractivity contribution in [2.24, 2.45) is 17.4 Å². The minimum absolute atomic E-state index is 0.0377. The van der Waals surface area contributed by atoms with E-state index >= 15 is 0 Å². The zero-order valence-corrected chi connectivity index (χ0v) is 8.62. The number of nitrogens with two attached hydrogens (primary N) is 2. The Balaban J connectivity index is 2.80. The molecule has 1 rings (SSSR count). The summed E-state index contributed by atoms with van der Waals surface area (Å²) >= 11 is 0. The van der Waals surface area contributed by atoms with Crippen molar-refractivity contribution >= 4 is 11.8 Å². The molecule has 14 heavy (non-hydrogen) atoms. The summed E-state index contributed by atoms with van der Waals surface area (Å²) in [6, 6.07) is 0. The number of hydrogen-bond donors (Lipinski definition) is 2. The average molecular weight is 199 g/mol. The molecule has 5 heteroatoms. The van der Waals surface area contributed by atoms with Crippen LogP contribution in [0.5, 0.6) is 0 Å². The minimum Gasteiger partial charge on any atom is -0.368 e. The Morgan fingerprint density at radius 3 is 2.57 bits per heavy atom. The molecule has 1 saturated heterocycles. The lowest BCUT2D eigenvalue weighted by Gasteiger charge is -2.32. The Hall–Kier alpha value is -1.10. The first-order valence-electron chi connectivity index (χ1n) is 4.70. The third-order valence-electron chi connectivity index (χ3n) is 2.82. The largest absolute Gasteiger partial charge is 0.368 e. The van der Waals surface area contributed by atoms with Crippen LogP contribution in [-0.2, 0) is 9.59 Å². The molecule has 1 unspecified atom stereocenters. The number of amides is 2. The highest BCUT2D eigenvalue weighted by atomic mass is 16.2. The molecule has 1 atom stereocenters. The van der Waals surface area contributed by atoms with Crippen LogP contribution in [0.1, 0.15) is 20.3 Å². The Morgan fingerprint density at radius 2 is 2.21 bits per heavy atom. The quantitative estimate of drug-likeness (QED) is 0.614. The fraction of sp³-hybridized carbons (Fsp3) is 0.778. The van der Waals surface area contributed by atoms with Gasteiger partial charge in [0.1, 0.15) is 5.54 Å². The van der Waals surface area contributed by atoms with Gasteiger partial charge in [-0.25, -0.2) is 0 Å². The molecule has 2 amide bonds. The van der Waals surface area contributed by atoms with E-state index < -0.39 is 11.4 Å². The topological polar surface area (TPSA) is 89.4 Å². The normalized spacial score (nSPS) is 22.9. The molecule has 0 spiro atoms. The number of likely N-dealkylation sites (tertiary alicyclic amines) is 1. The lowest BCUT2D eigenvalue weighted by Crippen LogP contribution is -2.54. The molecule has 0 aromatic carbocycles. The van der Waals surface area contributed by atoms with Gasteiger partial charge in [-0.05, 0) is 26.3 Å². The number of primary amides is 1. The molecule has 0 radical (unpaired) electrons. The van der Waals surface area contributed by atoms with Crippen LogP contribution >= 0.6 is 0 Å². The van der Waals surface area contributed by atoms with E-state index in [1.807, 2.05) is 0 Å². The molecule has 0 bridgehead atoms. The maximum atomic E-state index is 11.6. The van der Waals surface area contributed by atoms with Crippen molar-refractivity contribution in [1.82, 2.24) is 4.90 Å². The standard InChI is InChI=1S/C9H17N3O2/c1-9(2,8(11)14)12-5-6(4-10)3-7(12)13/h6H,3-5,10H2,1-2H3,(H2,11,14). The van der Waals surface area contributed by atoms with Gasteiger partial charge in [0.15, 0.2) is 0 Å². The Morgan fingerprint density at radius 1 is 1.64 bits per heavy atom. The molecule has 4 N–H and O–H groups in total. The van der Waals surface area contributed by atoms with Crippen molar-refractivity contribution in [3.05, 3.63) is 0 Å². The highest BCUT2D eigenvalue weighted by Gasteiger charge is 2.41. The highest BCUT2D eigenvalue weighted by molar-refractivity contribution is 5.90. The van der Waals surface area contributed by atoms with E-state index in [1.165, 1.54) is 4.90 Å². The third kappa shape index (κ3) is 1.72. The smallest absolute Gasteiger partial charge is 0.242 e. The molecule has 1 fully saturated rings. The predicted octanol–water partition coefficient (Wildman–Crippen LogP) is -0.942. The van der Waals surface area contributed by atoms with Crippen molar-refractivity contribution in [1.29, 1.82) is 0 Å². The van der Waals surface area contributed by atoms with Gasteiger partial charge in [-0.3, -0.25) is 9.59 Å². The van der Waals surface area contributed by atoms with Gasteiger partial charge in [0.05, 0.1) is 0 Å². The van der Waals surface area contributed by atoms with Crippen LogP contribution in [0.15, 0.2) is 0 Å². The van der Waals surface area contributed by atoms with Crippen molar-refractivity contribution in [3.8, 4) is 0 Å². The molecule has 5 nitrogen and oxygen atoms in total. The summed E-state index contributed by atoms with van der Waals surface area (Å²) in [5, 5.41) is 0. The summed E-state index contributed by atoms with van der Waals surface area (Å²) in [4.78, 5) is 24.2. The lowest BCUT2D eigenvalue weighted by molar-refractivity contribution is -0.140. The zero-order chi connectivity index (χ0) is 10.9. The molecule has 1 heterocycles. The van der Waals surface area contributed by atoms with Gasteiger partial charge in [0, 0.05) is 13.0 Å². The monoisotopic (exact) mass is 199 g/mol. The average Bonchev–Trinajstić information content (AvgIpc) is 2.47. The van der Waals surface area contributed by atoms with Gasteiger partial charge in [0.2, 0.25) is 11.8 Å². The Kier molecular flexibility index (Phi) is 2.80. The third-order valence-corrected chi connectivity index (χ3v) is 2.82. The minimum atomic E-state index is -0.902. The molecule has 1 aliphatic rings. The van der Waals surface area contributed by atoms with Crippen LogP contribution in [-0.4, -0.2) is 35.3 Å². The lowest BCUT2D eigenvalue weighted by atomic mass is 10.0. The van der Waals surface area contributed by atoms with Gasteiger partial charge in [-0.15, -0.1) is 0 Å². The number of carbonyl (C=O) groups is 2. The molecule has 0 aliphatic carbocycles. The zero-order valence-electron chi connectivity index (χ0n) is 8.62. The van der Waals surface area contributed by atoms with Crippen LogP contribution in [0.2, 0.25) is 0 Å². The Labute approximate surface area is 83.4 Å². The van der Waals surface area contributed by atoms with E-state index in [0.717, 1.165) is 0 Å². The SMILES string of the molecule is CC(C)(C(N)=O)N1CC(CN)CC1=O. The van der Waals surface area contributed by atoms with Gasteiger partial charge in [-0.2, -0.15) is 0 Å². The van der Waals surface area contributed by atoms with Crippen LogP contribution < -0.4 is 11.5 Å². The van der Waals surface area contributed by atoms with E-state index in [4.69, 9.17) is 11.5 Å². The van der Waals surface area contributed by atoms with Crippen molar-refractivity contribution in [3.63, 3.8) is 0 Å². The van der Waals surface area contributed by atoms with Gasteiger partial charge < -0.3 is 16.4 Å². The second-order valence-corrected chi connectivity index (χ2v) is 4.23. The van der Waals surface area contributed by atoms with Crippen LogP contribution in [0.25, 0.3) is 0 Å². The molecule has 0 aromatic heterocycles. The summed E-state index contributed by atoms with van der Waals surface area (Å²) < 4.78 is 0. The predicted molar refractivity (Wildman–Crippen MR) is 52.1 cm³/mol. The van der Waals surface area contributed by atoms with E-state index in [0.29, 0.717) is 19.5 Å². The van der Waals surface area contributed by atoms with Crippen molar-refractivity contribution < 1.29 is 9.59 Å². The Bertz CT molecular complexity index is 263. The van der Waals surface area contributed by atoms with Crippen LogP contribution in [0.4, 0.5) is 0 Å². The maximum absolute atomic E-state index is 11.6. The van der Waals surface area contributed by atoms with Crippen LogP contribution in [0, 0.1) is 5.92 Å². The fourth-order valence-corrected chi connectivity index (χ4v) is 1.61. The van der Waals surface area contributed by atoms with Crippen molar-refractivity contribution in [2.45, 2.75) is 25.8 Å². The number of nitrogens with zero attached hydrogens (tertiary/aromatic N) is 1. The number of carbonyl (C=O) groups excluding carboxylic acids is 2. The number of rotatable bonds is 3. The summed E-state index contributed by atoms with van der Waals surface area (Å²) in [5.74, 6) is -0.367. The van der Waals surface area contributed by atoms with E-state index in [2.05, 4.69) is 0 Å². The number of hydrogen-bond acceptors (Lipinski definition) is 3. The molecular formula is C9H17N3O2. The molecule has 0 saturated carbocycles. The van der Waals surface area contributed by atoms with E-state index in [1.54, 1.807) is 13.8 Å². The summed E-state index contributed by atoms with van der Waals surface area (Å²) in [6.07, 6.45) is 0.424. The summed E-state index contributed by atoms with van der Waals surface area (Å²) in [5.41, 5.74) is 9.82. The summed E-state index contributed by atoms with van der Waals surface area (Å²) in [6.45, 7) is 4.32. The molecule has 0 aromatic rings. The van der Waals surface area contributed by atoms with Gasteiger partial charge >= 0.3 is 0 Å². The molecule has 1 aliphatic heterocycles. The van der Waals surface area contributed by atoms with E-state index in [9.17, 15) is 9.59 Å². The van der Waals surface area contributed by atoms with Gasteiger partial charge in [-0.1, -0.05) is 0 Å². The first-order valence-corrected chi connectivity index (χ1v) is 4.70. The van der Waals surface area contributed by atoms with Gasteiger partial charge in [0.25, 0.3) is 0 Å². The van der Waals surface area contributed by atoms with Crippen molar-refractivity contribution in [2.75, 3.05) is 13.1 Å². The highest BCUT2D eigenvalue weighted by Crippen LogP contribution is 2.25. The van der Waals surface area contributed by atoms with Crippen LogP contribution in [0.3, 0.4) is 0 Å². The molecule has 80 valence electrons. The second-order valence-electron chi connectivity index (χ2n) is 4.23.